The van der Waals surface area contributed by atoms with Crippen molar-refractivity contribution in [3.8, 4) is 0 Å². The Balaban J connectivity index is 2.24. The summed E-state index contributed by atoms with van der Waals surface area (Å²) in [5, 5.41) is 6.96. The molecule has 0 bridgehead atoms. The van der Waals surface area contributed by atoms with E-state index in [1.54, 1.807) is 0 Å². The van der Waals surface area contributed by atoms with Crippen LogP contribution in [0.4, 0.5) is 0 Å². The van der Waals surface area contributed by atoms with E-state index in [9.17, 15) is 0 Å². The molecule has 0 amide bonds. The molecule has 0 saturated carbocycles. The Morgan fingerprint density at radius 1 is 1.00 bits per heavy atom. The van der Waals surface area contributed by atoms with E-state index in [1.807, 2.05) is 7.05 Å². The van der Waals surface area contributed by atoms with Gasteiger partial charge in [-0.25, -0.2) is 0 Å². The zero-order valence-electron chi connectivity index (χ0n) is 18.4. The normalized spacial score (nSPS) is 18.8. The monoisotopic (exact) mass is 368 g/mol. The van der Waals surface area contributed by atoms with Crippen LogP contribution in [0.1, 0.15) is 48.0 Å². The van der Waals surface area contributed by atoms with Gasteiger partial charge in [-0.15, -0.1) is 0 Å². The molecule has 6 nitrogen and oxygen atoms in total. The van der Waals surface area contributed by atoms with Gasteiger partial charge in [-0.05, 0) is 47.6 Å². The van der Waals surface area contributed by atoms with Gasteiger partial charge in [0, 0.05) is 71.0 Å². The minimum absolute atomic E-state index is 0.532. The quantitative estimate of drug-likeness (QED) is 0.349. The molecular formula is C20H44N6. The lowest BCUT2D eigenvalue weighted by molar-refractivity contribution is 0.107. The van der Waals surface area contributed by atoms with Gasteiger partial charge < -0.3 is 15.5 Å². The number of piperazine rings is 1. The fourth-order valence-corrected chi connectivity index (χ4v) is 3.70. The predicted octanol–water partition coefficient (Wildman–Crippen LogP) is 1.69. The summed E-state index contributed by atoms with van der Waals surface area (Å²) in [6.07, 6.45) is 1.13. The van der Waals surface area contributed by atoms with E-state index < -0.39 is 0 Å². The van der Waals surface area contributed by atoms with Crippen LogP contribution in [-0.4, -0.2) is 98.2 Å². The third-order valence-corrected chi connectivity index (χ3v) is 5.48. The molecule has 1 fully saturated rings. The van der Waals surface area contributed by atoms with E-state index in [2.05, 4.69) is 71.9 Å². The largest absolute Gasteiger partial charge is 0.356 e. The van der Waals surface area contributed by atoms with Crippen molar-refractivity contribution in [2.45, 2.75) is 66.1 Å². The van der Waals surface area contributed by atoms with Gasteiger partial charge in [-0.1, -0.05) is 6.92 Å². The molecule has 1 heterocycles. The van der Waals surface area contributed by atoms with Crippen LogP contribution < -0.4 is 10.6 Å². The third kappa shape index (κ3) is 8.23. The number of nitrogens with one attached hydrogen (secondary N) is 2. The maximum absolute atomic E-state index is 4.37. The number of aliphatic imine (C=N–C) groups is 1. The van der Waals surface area contributed by atoms with Gasteiger partial charge in [0.1, 0.15) is 0 Å². The summed E-state index contributed by atoms with van der Waals surface area (Å²) in [6, 6.07) is 1.73. The third-order valence-electron chi connectivity index (χ3n) is 5.48. The van der Waals surface area contributed by atoms with Crippen LogP contribution in [0.15, 0.2) is 4.99 Å². The number of guanidine groups is 1. The van der Waals surface area contributed by atoms with Crippen LogP contribution in [0.3, 0.4) is 0 Å². The van der Waals surface area contributed by atoms with Crippen molar-refractivity contribution in [2.75, 3.05) is 59.4 Å². The Hall–Kier alpha value is -0.850. The first-order valence-corrected chi connectivity index (χ1v) is 10.6. The smallest absolute Gasteiger partial charge is 0.191 e. The van der Waals surface area contributed by atoms with Crippen LogP contribution >= 0.6 is 0 Å². The maximum atomic E-state index is 4.37. The van der Waals surface area contributed by atoms with Crippen LogP contribution in [0.5, 0.6) is 0 Å². The van der Waals surface area contributed by atoms with Crippen LogP contribution in [0.25, 0.3) is 0 Å². The second-order valence-electron chi connectivity index (χ2n) is 7.98. The fourth-order valence-electron chi connectivity index (χ4n) is 3.70. The Kier molecular flexibility index (Phi) is 11.2. The molecule has 1 aliphatic rings. The zero-order valence-corrected chi connectivity index (χ0v) is 18.4. The summed E-state index contributed by atoms with van der Waals surface area (Å²) in [6.45, 7) is 22.6. The molecule has 1 aliphatic heterocycles. The van der Waals surface area contributed by atoms with Gasteiger partial charge in [0.05, 0.1) is 0 Å². The molecule has 0 aromatic heterocycles. The van der Waals surface area contributed by atoms with E-state index in [0.29, 0.717) is 18.1 Å². The Morgan fingerprint density at radius 3 is 2.12 bits per heavy atom. The number of hydrogen-bond acceptors (Lipinski definition) is 4. The highest BCUT2D eigenvalue weighted by atomic mass is 15.3. The Morgan fingerprint density at radius 2 is 1.62 bits per heavy atom. The van der Waals surface area contributed by atoms with Gasteiger partial charge in [0.2, 0.25) is 0 Å². The lowest BCUT2D eigenvalue weighted by atomic mass is 10.2. The van der Waals surface area contributed by atoms with Crippen LogP contribution in [0, 0.1) is 0 Å². The average molecular weight is 369 g/mol. The first kappa shape index (κ1) is 23.2. The minimum atomic E-state index is 0.532. The van der Waals surface area contributed by atoms with Crippen molar-refractivity contribution in [3.05, 3.63) is 0 Å². The van der Waals surface area contributed by atoms with Crippen molar-refractivity contribution in [2.24, 2.45) is 4.99 Å². The molecule has 1 rings (SSSR count). The molecule has 2 N–H and O–H groups in total. The molecule has 26 heavy (non-hydrogen) atoms. The van der Waals surface area contributed by atoms with Crippen LogP contribution in [-0.2, 0) is 0 Å². The molecule has 6 heteroatoms. The molecule has 154 valence electrons. The summed E-state index contributed by atoms with van der Waals surface area (Å²) in [4.78, 5) is 12.0. The van der Waals surface area contributed by atoms with E-state index in [4.69, 9.17) is 0 Å². The van der Waals surface area contributed by atoms with Crippen molar-refractivity contribution < 1.29 is 0 Å². The lowest BCUT2D eigenvalue weighted by Gasteiger charge is -2.37. The second-order valence-corrected chi connectivity index (χ2v) is 7.98. The molecule has 1 saturated heterocycles. The molecule has 1 unspecified atom stereocenters. The van der Waals surface area contributed by atoms with Crippen LogP contribution in [0.2, 0.25) is 0 Å². The van der Waals surface area contributed by atoms with Crippen molar-refractivity contribution in [3.63, 3.8) is 0 Å². The Bertz CT molecular complexity index is 380. The molecule has 0 spiro atoms. The van der Waals surface area contributed by atoms with E-state index in [-0.39, 0.29) is 0 Å². The molecule has 0 aromatic carbocycles. The first-order chi connectivity index (χ1) is 12.4. The summed E-state index contributed by atoms with van der Waals surface area (Å²) in [5.41, 5.74) is 0. The zero-order chi connectivity index (χ0) is 19.5. The summed E-state index contributed by atoms with van der Waals surface area (Å²) >= 11 is 0. The van der Waals surface area contributed by atoms with Gasteiger partial charge in [0.25, 0.3) is 0 Å². The number of nitrogens with zero attached hydrogens (tertiary/aromatic N) is 4. The van der Waals surface area contributed by atoms with Crippen molar-refractivity contribution in [1.29, 1.82) is 0 Å². The predicted molar refractivity (Wildman–Crippen MR) is 114 cm³/mol. The average Bonchev–Trinajstić information content (AvgIpc) is 2.63. The van der Waals surface area contributed by atoms with Crippen molar-refractivity contribution in [1.82, 2.24) is 25.3 Å². The van der Waals surface area contributed by atoms with Gasteiger partial charge in [-0.3, -0.25) is 14.8 Å². The highest BCUT2D eigenvalue weighted by Gasteiger charge is 2.20. The summed E-state index contributed by atoms with van der Waals surface area (Å²) in [5.74, 6) is 0.921. The molecule has 0 aliphatic carbocycles. The standard InChI is InChI=1S/C20H44N6/c1-8-24-12-14-25(15-13-24)19(6)16-23-20(21-7)22-10-9-11-26(17(2)3)18(4)5/h17-19H,8-16H2,1-7H3,(H2,21,22,23). The fraction of sp³-hybridized carbons (Fsp3) is 0.950. The second kappa shape index (κ2) is 12.5. The maximum Gasteiger partial charge on any atom is 0.191 e. The molecule has 0 aromatic rings. The topological polar surface area (TPSA) is 46.1 Å². The Labute approximate surface area is 162 Å². The molecule has 0 radical (unpaired) electrons. The van der Waals surface area contributed by atoms with Gasteiger partial charge >= 0.3 is 0 Å². The van der Waals surface area contributed by atoms with Crippen molar-refractivity contribution >= 4 is 5.96 Å². The minimum Gasteiger partial charge on any atom is -0.356 e. The number of likely N-dealkylation sites (N-methyl/N-ethyl adjacent to an activating group) is 1. The number of rotatable bonds is 10. The van der Waals surface area contributed by atoms with E-state index in [1.165, 1.54) is 32.7 Å². The summed E-state index contributed by atoms with van der Waals surface area (Å²) < 4.78 is 0. The first-order valence-electron chi connectivity index (χ1n) is 10.6. The highest BCUT2D eigenvalue weighted by Crippen LogP contribution is 2.06. The SMILES string of the molecule is CCN1CCN(C(C)CNC(=NC)NCCCN(C(C)C)C(C)C)CC1. The molecule has 1 atom stereocenters. The van der Waals surface area contributed by atoms with E-state index in [0.717, 1.165) is 32.0 Å². The lowest BCUT2D eigenvalue weighted by Crippen LogP contribution is -2.53. The van der Waals surface area contributed by atoms with Gasteiger partial charge in [0.15, 0.2) is 5.96 Å². The van der Waals surface area contributed by atoms with Gasteiger partial charge in [-0.2, -0.15) is 0 Å². The highest BCUT2D eigenvalue weighted by molar-refractivity contribution is 5.79. The number of hydrogen-bond donors (Lipinski definition) is 2. The summed E-state index contributed by atoms with van der Waals surface area (Å²) in [7, 11) is 1.86. The molecular weight excluding hydrogens is 324 g/mol. The van der Waals surface area contributed by atoms with E-state index >= 15 is 0 Å².